The smallest absolute Gasteiger partial charge is 0.307 e. The van der Waals surface area contributed by atoms with Gasteiger partial charge >= 0.3 is 5.97 Å². The third kappa shape index (κ3) is 6.41. The van der Waals surface area contributed by atoms with Crippen LogP contribution >= 0.6 is 11.8 Å². The molecule has 0 aliphatic heterocycles. The summed E-state index contributed by atoms with van der Waals surface area (Å²) in [5.74, 6) is -1.59. The largest absolute Gasteiger partial charge is 0.456 e. The van der Waals surface area contributed by atoms with Crippen LogP contribution in [0.25, 0.3) is 0 Å². The number of esters is 1. The molecule has 0 fully saturated rings. The molecule has 0 aliphatic carbocycles. The molecule has 1 N–H and O–H groups in total. The lowest BCUT2D eigenvalue weighted by Gasteiger charge is -2.10. The first-order chi connectivity index (χ1) is 12.8. The van der Waals surface area contributed by atoms with Crippen LogP contribution in [0.3, 0.4) is 0 Å². The topological polar surface area (TPSA) is 89.5 Å². The number of ether oxygens (including phenoxy) is 1. The number of rotatable bonds is 8. The first kappa shape index (κ1) is 21.0. The van der Waals surface area contributed by atoms with E-state index in [2.05, 4.69) is 5.32 Å². The fourth-order valence-electron chi connectivity index (χ4n) is 2.23. The zero-order valence-electron chi connectivity index (χ0n) is 15.1. The van der Waals surface area contributed by atoms with Crippen molar-refractivity contribution in [3.63, 3.8) is 0 Å². The van der Waals surface area contributed by atoms with Gasteiger partial charge in [0.05, 0.1) is 22.8 Å². The Hall–Kier alpha value is -2.32. The first-order valence-corrected chi connectivity index (χ1v) is 11.1. The molecule has 6 nitrogen and oxygen atoms in total. The number of anilines is 1. The Morgan fingerprint density at radius 1 is 1.07 bits per heavy atom. The number of benzene rings is 2. The molecular formula is C19H21NO5S2. The van der Waals surface area contributed by atoms with Crippen LogP contribution in [0.2, 0.25) is 0 Å². The minimum absolute atomic E-state index is 0.160. The maximum absolute atomic E-state index is 12.2. The Labute approximate surface area is 163 Å². The summed E-state index contributed by atoms with van der Waals surface area (Å²) in [6, 6.07) is 13.7. The molecule has 0 spiro atoms. The van der Waals surface area contributed by atoms with E-state index < -0.39 is 28.3 Å². The summed E-state index contributed by atoms with van der Waals surface area (Å²) in [5.41, 5.74) is 1.58. The van der Waals surface area contributed by atoms with Gasteiger partial charge in [0.25, 0.3) is 5.91 Å². The molecule has 27 heavy (non-hydrogen) atoms. The molecule has 2 aromatic rings. The van der Waals surface area contributed by atoms with Crippen molar-refractivity contribution < 1.29 is 22.7 Å². The number of hydrogen-bond donors (Lipinski definition) is 1. The van der Waals surface area contributed by atoms with Gasteiger partial charge < -0.3 is 10.1 Å². The van der Waals surface area contributed by atoms with Gasteiger partial charge in [-0.2, -0.15) is 0 Å². The van der Waals surface area contributed by atoms with Crippen LogP contribution in [0.5, 0.6) is 0 Å². The maximum Gasteiger partial charge on any atom is 0.307 e. The molecule has 0 aromatic heterocycles. The predicted octanol–water partition coefficient (Wildman–Crippen LogP) is 3.06. The highest BCUT2D eigenvalue weighted by molar-refractivity contribution is 7.98. The van der Waals surface area contributed by atoms with E-state index >= 15 is 0 Å². The molecule has 0 saturated heterocycles. The first-order valence-electron chi connectivity index (χ1n) is 8.20. The Morgan fingerprint density at radius 2 is 1.74 bits per heavy atom. The van der Waals surface area contributed by atoms with Crippen LogP contribution in [0.15, 0.2) is 58.3 Å². The number of para-hydroxylation sites is 1. The molecule has 2 rings (SSSR count). The van der Waals surface area contributed by atoms with Gasteiger partial charge in [-0.05, 0) is 37.4 Å². The van der Waals surface area contributed by atoms with E-state index in [1.54, 1.807) is 24.3 Å². The van der Waals surface area contributed by atoms with Gasteiger partial charge in [0.15, 0.2) is 16.4 Å². The number of amides is 1. The molecule has 1 amide bonds. The monoisotopic (exact) mass is 407 g/mol. The Kier molecular flexibility index (Phi) is 7.44. The van der Waals surface area contributed by atoms with Crippen LogP contribution in [0, 0.1) is 6.92 Å². The standard InChI is InChI=1S/C19H21NO5S2/c1-14-7-9-15(10-8-14)27(23,24)12-11-19(22)25-13-18(21)20-16-5-3-4-6-17(16)26-2/h3-10H,11-13H2,1-2H3,(H,20,21). The number of hydrogen-bond acceptors (Lipinski definition) is 6. The second kappa shape index (κ2) is 9.57. The molecule has 144 valence electrons. The van der Waals surface area contributed by atoms with Crippen molar-refractivity contribution in [2.45, 2.75) is 23.1 Å². The third-order valence-electron chi connectivity index (χ3n) is 3.70. The molecule has 0 saturated carbocycles. The fraction of sp³-hybridized carbons (Fsp3) is 0.263. The quantitative estimate of drug-likeness (QED) is 0.534. The van der Waals surface area contributed by atoms with E-state index in [4.69, 9.17) is 4.74 Å². The minimum atomic E-state index is -3.57. The molecule has 2 aromatic carbocycles. The van der Waals surface area contributed by atoms with Crippen molar-refractivity contribution in [1.29, 1.82) is 0 Å². The molecule has 0 unspecified atom stereocenters. The Morgan fingerprint density at radius 3 is 2.41 bits per heavy atom. The average molecular weight is 408 g/mol. The van der Waals surface area contributed by atoms with E-state index in [-0.39, 0.29) is 17.1 Å². The van der Waals surface area contributed by atoms with Crippen molar-refractivity contribution in [2.24, 2.45) is 0 Å². The van der Waals surface area contributed by atoms with E-state index in [9.17, 15) is 18.0 Å². The highest BCUT2D eigenvalue weighted by Crippen LogP contribution is 2.24. The molecule has 0 heterocycles. The van der Waals surface area contributed by atoms with Crippen molar-refractivity contribution >= 4 is 39.2 Å². The second-order valence-electron chi connectivity index (χ2n) is 5.79. The summed E-state index contributed by atoms with van der Waals surface area (Å²) in [6.45, 7) is 1.39. The van der Waals surface area contributed by atoms with Crippen molar-refractivity contribution in [2.75, 3.05) is 23.9 Å². The highest BCUT2D eigenvalue weighted by Gasteiger charge is 2.17. The number of thioether (sulfide) groups is 1. The summed E-state index contributed by atoms with van der Waals surface area (Å²) in [7, 11) is -3.57. The summed E-state index contributed by atoms with van der Waals surface area (Å²) in [6.07, 6.45) is 1.57. The van der Waals surface area contributed by atoms with Crippen LogP contribution in [0.4, 0.5) is 5.69 Å². The number of aryl methyl sites for hydroxylation is 1. The molecular weight excluding hydrogens is 386 g/mol. The van der Waals surface area contributed by atoms with Gasteiger partial charge in [-0.1, -0.05) is 29.8 Å². The Bertz CT molecular complexity index is 908. The number of sulfone groups is 1. The van der Waals surface area contributed by atoms with E-state index in [0.29, 0.717) is 5.69 Å². The predicted molar refractivity (Wildman–Crippen MR) is 106 cm³/mol. The lowest BCUT2D eigenvalue weighted by molar-refractivity contribution is -0.146. The average Bonchev–Trinajstić information content (AvgIpc) is 2.65. The highest BCUT2D eigenvalue weighted by atomic mass is 32.2. The number of carbonyl (C=O) groups excluding carboxylic acids is 2. The van der Waals surface area contributed by atoms with Crippen LogP contribution in [-0.4, -0.2) is 38.9 Å². The SMILES string of the molecule is CSc1ccccc1NC(=O)COC(=O)CCS(=O)(=O)c1ccc(C)cc1. The van der Waals surface area contributed by atoms with Gasteiger partial charge in [0.2, 0.25) is 0 Å². The van der Waals surface area contributed by atoms with Crippen LogP contribution < -0.4 is 5.32 Å². The maximum atomic E-state index is 12.2. The zero-order valence-corrected chi connectivity index (χ0v) is 16.7. The summed E-state index contributed by atoms with van der Waals surface area (Å²) >= 11 is 1.48. The van der Waals surface area contributed by atoms with E-state index in [0.717, 1.165) is 10.5 Å². The van der Waals surface area contributed by atoms with Crippen LogP contribution in [0.1, 0.15) is 12.0 Å². The molecule has 8 heteroatoms. The molecule has 0 atom stereocenters. The van der Waals surface area contributed by atoms with Gasteiger partial charge in [-0.15, -0.1) is 11.8 Å². The lowest BCUT2D eigenvalue weighted by atomic mass is 10.2. The minimum Gasteiger partial charge on any atom is -0.456 e. The lowest BCUT2D eigenvalue weighted by Crippen LogP contribution is -2.22. The van der Waals surface area contributed by atoms with E-state index in [1.807, 2.05) is 25.3 Å². The van der Waals surface area contributed by atoms with E-state index in [1.165, 1.54) is 23.9 Å². The van der Waals surface area contributed by atoms with Crippen molar-refractivity contribution in [3.05, 3.63) is 54.1 Å². The molecule has 0 radical (unpaired) electrons. The van der Waals surface area contributed by atoms with Crippen molar-refractivity contribution in [3.8, 4) is 0 Å². The molecule has 0 aliphatic rings. The van der Waals surface area contributed by atoms with Gasteiger partial charge in [-0.25, -0.2) is 8.42 Å². The van der Waals surface area contributed by atoms with Crippen LogP contribution in [-0.2, 0) is 24.2 Å². The summed E-state index contributed by atoms with van der Waals surface area (Å²) in [4.78, 5) is 24.8. The van der Waals surface area contributed by atoms with Crippen molar-refractivity contribution in [1.82, 2.24) is 0 Å². The fourth-order valence-corrected chi connectivity index (χ4v) is 4.01. The van der Waals surface area contributed by atoms with Gasteiger partial charge in [0, 0.05) is 4.90 Å². The number of carbonyl (C=O) groups is 2. The summed E-state index contributed by atoms with van der Waals surface area (Å²) in [5, 5.41) is 2.67. The third-order valence-corrected chi connectivity index (χ3v) is 6.23. The second-order valence-corrected chi connectivity index (χ2v) is 8.75. The molecule has 0 bridgehead atoms. The van der Waals surface area contributed by atoms with Gasteiger partial charge in [0.1, 0.15) is 0 Å². The van der Waals surface area contributed by atoms with Gasteiger partial charge in [-0.3, -0.25) is 9.59 Å². The summed E-state index contributed by atoms with van der Waals surface area (Å²) < 4.78 is 29.3. The zero-order chi connectivity index (χ0) is 19.9. The Balaban J connectivity index is 1.82. The normalized spacial score (nSPS) is 11.0. The number of nitrogens with one attached hydrogen (secondary N) is 1.